The van der Waals surface area contributed by atoms with E-state index >= 15 is 0 Å². The number of carbonyl (C=O) groups is 1. The van der Waals surface area contributed by atoms with Gasteiger partial charge in [-0.3, -0.25) is 9.48 Å². The monoisotopic (exact) mass is 411 g/mol. The van der Waals surface area contributed by atoms with Gasteiger partial charge in [0.15, 0.2) is 0 Å². The summed E-state index contributed by atoms with van der Waals surface area (Å²) in [6.45, 7) is 1.23. The van der Waals surface area contributed by atoms with E-state index in [4.69, 9.17) is 11.6 Å². The van der Waals surface area contributed by atoms with Gasteiger partial charge in [0.2, 0.25) is 5.91 Å². The molecule has 28 heavy (non-hydrogen) atoms. The van der Waals surface area contributed by atoms with Crippen LogP contribution in [0.15, 0.2) is 30.6 Å². The molecule has 0 saturated carbocycles. The van der Waals surface area contributed by atoms with Gasteiger partial charge >= 0.3 is 6.18 Å². The van der Waals surface area contributed by atoms with Crippen LogP contribution in [0, 0.1) is 0 Å². The fourth-order valence-corrected chi connectivity index (χ4v) is 3.68. The van der Waals surface area contributed by atoms with Crippen molar-refractivity contribution in [1.82, 2.24) is 24.6 Å². The summed E-state index contributed by atoms with van der Waals surface area (Å²) in [6.07, 6.45) is 0.237. The molecule has 0 aromatic carbocycles. The molecule has 4 heterocycles. The summed E-state index contributed by atoms with van der Waals surface area (Å²) in [5, 5.41) is 4.48. The normalized spacial score (nSPS) is 18.0. The van der Waals surface area contributed by atoms with Crippen molar-refractivity contribution < 1.29 is 18.0 Å². The zero-order chi connectivity index (χ0) is 19.9. The van der Waals surface area contributed by atoms with Gasteiger partial charge in [-0.1, -0.05) is 11.6 Å². The van der Waals surface area contributed by atoms with Gasteiger partial charge in [0.25, 0.3) is 0 Å². The molecule has 1 saturated heterocycles. The maximum absolute atomic E-state index is 12.9. The Morgan fingerprint density at radius 2 is 2.18 bits per heavy atom. The number of hydrogen-bond donors (Lipinski definition) is 1. The number of nitrogens with zero attached hydrogens (tertiary/aromatic N) is 4. The topological polar surface area (TPSA) is 66.8 Å². The number of pyridine rings is 1. The van der Waals surface area contributed by atoms with Crippen LogP contribution >= 0.6 is 11.6 Å². The Hall–Kier alpha value is -2.55. The van der Waals surface area contributed by atoms with Gasteiger partial charge in [-0.25, -0.2) is 4.98 Å². The molecule has 1 N–H and O–H groups in total. The zero-order valence-electron chi connectivity index (χ0n) is 14.7. The predicted molar refractivity (Wildman–Crippen MR) is 96.9 cm³/mol. The molecule has 1 unspecified atom stereocenters. The van der Waals surface area contributed by atoms with Crippen LogP contribution in [0.3, 0.4) is 0 Å². The van der Waals surface area contributed by atoms with Crippen LogP contribution in [-0.4, -0.2) is 43.6 Å². The number of amides is 1. The van der Waals surface area contributed by atoms with Crippen LogP contribution in [0.25, 0.3) is 11.0 Å². The standard InChI is InChI=1S/C18H17ClF3N5O/c19-12-7-23-27(9-12)10-17(28)26-5-1-2-11(8-26)14-6-15-13(24-14)3-4-16(25-15)18(20,21)22/h3-4,6-7,9,11,24H,1-2,5,8,10H2. The van der Waals surface area contributed by atoms with E-state index in [1.165, 1.54) is 16.9 Å². The second-order valence-electron chi connectivity index (χ2n) is 6.89. The number of alkyl halides is 3. The highest BCUT2D eigenvalue weighted by molar-refractivity contribution is 6.30. The predicted octanol–water partition coefficient (Wildman–Crippen LogP) is 3.84. The van der Waals surface area contributed by atoms with Crippen molar-refractivity contribution in [3.05, 3.63) is 47.0 Å². The van der Waals surface area contributed by atoms with E-state index in [9.17, 15) is 18.0 Å². The molecule has 0 spiro atoms. The third-order valence-corrected chi connectivity index (χ3v) is 5.09. The number of halogens is 4. The number of piperidine rings is 1. The minimum atomic E-state index is -4.48. The lowest BCUT2D eigenvalue weighted by Crippen LogP contribution is -2.41. The minimum Gasteiger partial charge on any atom is -0.357 e. The summed E-state index contributed by atoms with van der Waals surface area (Å²) in [7, 11) is 0. The number of aromatic nitrogens is 4. The van der Waals surface area contributed by atoms with Crippen LogP contribution in [0.5, 0.6) is 0 Å². The van der Waals surface area contributed by atoms with Crippen LogP contribution < -0.4 is 0 Å². The molecule has 1 fully saturated rings. The lowest BCUT2D eigenvalue weighted by molar-refractivity contribution is -0.141. The van der Waals surface area contributed by atoms with Crippen LogP contribution in [-0.2, 0) is 17.5 Å². The van der Waals surface area contributed by atoms with E-state index in [1.807, 2.05) is 0 Å². The Bertz CT molecular complexity index is 1010. The third kappa shape index (κ3) is 3.84. The molecule has 6 nitrogen and oxygen atoms in total. The Balaban J connectivity index is 1.50. The molecule has 1 amide bonds. The van der Waals surface area contributed by atoms with Gasteiger partial charge in [0, 0.05) is 30.9 Å². The number of H-pyrrole nitrogens is 1. The Kier molecular flexibility index (Phi) is 4.78. The van der Waals surface area contributed by atoms with E-state index < -0.39 is 11.9 Å². The number of hydrogen-bond acceptors (Lipinski definition) is 3. The highest BCUT2D eigenvalue weighted by atomic mass is 35.5. The Morgan fingerprint density at radius 1 is 1.36 bits per heavy atom. The summed E-state index contributed by atoms with van der Waals surface area (Å²) in [4.78, 5) is 21.2. The first kappa shape index (κ1) is 18.8. The Labute approximate surface area is 163 Å². The summed E-state index contributed by atoms with van der Waals surface area (Å²) < 4.78 is 40.1. The number of carbonyl (C=O) groups excluding carboxylic acids is 1. The molecule has 3 aromatic rings. The number of rotatable bonds is 3. The van der Waals surface area contributed by atoms with Gasteiger partial charge in [0.05, 0.1) is 22.3 Å². The van der Waals surface area contributed by atoms with E-state index in [0.717, 1.165) is 24.6 Å². The van der Waals surface area contributed by atoms with Crippen molar-refractivity contribution in [3.63, 3.8) is 0 Å². The third-order valence-electron chi connectivity index (χ3n) is 4.90. The molecule has 1 atom stereocenters. The molecule has 10 heteroatoms. The largest absolute Gasteiger partial charge is 0.433 e. The van der Waals surface area contributed by atoms with Crippen molar-refractivity contribution in [2.75, 3.05) is 13.1 Å². The molecule has 1 aliphatic heterocycles. The fourth-order valence-electron chi connectivity index (χ4n) is 3.53. The molecule has 3 aromatic heterocycles. The van der Waals surface area contributed by atoms with Gasteiger partial charge in [-0.05, 0) is 31.0 Å². The van der Waals surface area contributed by atoms with Crippen molar-refractivity contribution in [2.24, 2.45) is 0 Å². The Morgan fingerprint density at radius 3 is 2.89 bits per heavy atom. The van der Waals surface area contributed by atoms with E-state index in [2.05, 4.69) is 15.1 Å². The average molecular weight is 412 g/mol. The molecule has 0 bridgehead atoms. The average Bonchev–Trinajstić information content (AvgIpc) is 3.26. The molecule has 4 rings (SSSR count). The summed E-state index contributed by atoms with van der Waals surface area (Å²) >= 11 is 5.82. The maximum Gasteiger partial charge on any atom is 0.433 e. The lowest BCUT2D eigenvalue weighted by Gasteiger charge is -2.32. The van der Waals surface area contributed by atoms with E-state index in [1.54, 1.807) is 17.2 Å². The van der Waals surface area contributed by atoms with Gasteiger partial charge < -0.3 is 9.88 Å². The van der Waals surface area contributed by atoms with Crippen molar-refractivity contribution in [2.45, 2.75) is 31.5 Å². The highest BCUT2D eigenvalue weighted by Crippen LogP contribution is 2.32. The highest BCUT2D eigenvalue weighted by Gasteiger charge is 2.33. The quantitative estimate of drug-likeness (QED) is 0.712. The van der Waals surface area contributed by atoms with E-state index in [0.29, 0.717) is 23.6 Å². The van der Waals surface area contributed by atoms with Gasteiger partial charge in [-0.2, -0.15) is 18.3 Å². The number of aromatic amines is 1. The number of nitrogens with one attached hydrogen (secondary N) is 1. The molecule has 0 aliphatic carbocycles. The first-order valence-corrected chi connectivity index (χ1v) is 9.20. The summed E-state index contributed by atoms with van der Waals surface area (Å²) in [5.74, 6) is -0.0551. The van der Waals surface area contributed by atoms with Gasteiger partial charge in [-0.15, -0.1) is 0 Å². The second kappa shape index (κ2) is 7.12. The smallest absolute Gasteiger partial charge is 0.357 e. The number of fused-ring (bicyclic) bond motifs is 1. The fraction of sp³-hybridized carbons (Fsp3) is 0.389. The summed E-state index contributed by atoms with van der Waals surface area (Å²) in [6, 6.07) is 4.01. The van der Waals surface area contributed by atoms with Crippen molar-refractivity contribution in [3.8, 4) is 0 Å². The maximum atomic E-state index is 12.9. The summed E-state index contributed by atoms with van der Waals surface area (Å²) in [5.41, 5.74) is 0.711. The molecule has 148 valence electrons. The first-order valence-electron chi connectivity index (χ1n) is 8.82. The van der Waals surface area contributed by atoms with Crippen LogP contribution in [0.1, 0.15) is 30.1 Å². The van der Waals surface area contributed by atoms with Crippen molar-refractivity contribution in [1.29, 1.82) is 0 Å². The number of likely N-dealkylation sites (tertiary alicyclic amines) is 1. The lowest BCUT2D eigenvalue weighted by atomic mass is 9.95. The van der Waals surface area contributed by atoms with Crippen LogP contribution in [0.2, 0.25) is 5.02 Å². The molecular weight excluding hydrogens is 395 g/mol. The van der Waals surface area contributed by atoms with Crippen LogP contribution in [0.4, 0.5) is 13.2 Å². The first-order chi connectivity index (χ1) is 13.3. The van der Waals surface area contributed by atoms with Crippen molar-refractivity contribution >= 4 is 28.5 Å². The minimum absolute atomic E-state index is 0.0162. The second-order valence-corrected chi connectivity index (χ2v) is 7.32. The molecule has 1 aliphatic rings. The molecular formula is C18H17ClF3N5O. The SMILES string of the molecule is O=C(Cn1cc(Cl)cn1)N1CCCC(c2cc3nc(C(F)(F)F)ccc3[nH]2)C1. The van der Waals surface area contributed by atoms with E-state index in [-0.39, 0.29) is 23.9 Å². The zero-order valence-corrected chi connectivity index (χ0v) is 15.5. The molecule has 0 radical (unpaired) electrons. The van der Waals surface area contributed by atoms with Gasteiger partial charge in [0.1, 0.15) is 12.2 Å².